The molecule has 0 aliphatic heterocycles. The Morgan fingerprint density at radius 3 is 2.35 bits per heavy atom. The minimum atomic E-state index is -0.113. The largest absolute Gasteiger partial charge is 0.497 e. The molecule has 2 aromatic carbocycles. The van der Waals surface area contributed by atoms with Crippen LogP contribution in [-0.4, -0.2) is 22.6 Å². The van der Waals surface area contributed by atoms with Gasteiger partial charge in [-0.25, -0.2) is 4.68 Å². The van der Waals surface area contributed by atoms with Crippen molar-refractivity contribution in [2.75, 3.05) is 7.11 Å². The van der Waals surface area contributed by atoms with E-state index in [1.807, 2.05) is 56.3 Å². The minimum Gasteiger partial charge on any atom is -0.497 e. The van der Waals surface area contributed by atoms with E-state index in [0.717, 1.165) is 22.8 Å². The van der Waals surface area contributed by atoms with Crippen molar-refractivity contribution in [3.8, 4) is 11.4 Å². The lowest BCUT2D eigenvalue weighted by Crippen LogP contribution is -2.19. The predicted octanol–water partition coefficient (Wildman–Crippen LogP) is 4.24. The first-order valence-corrected chi connectivity index (χ1v) is 8.49. The number of aromatic amines is 1. The van der Waals surface area contributed by atoms with E-state index in [-0.39, 0.29) is 5.56 Å². The normalized spacial score (nSPS) is 11.7. The molecule has 5 nitrogen and oxygen atoms in total. The number of aromatic nitrogens is 2. The zero-order chi connectivity index (χ0) is 18.8. The summed E-state index contributed by atoms with van der Waals surface area (Å²) >= 11 is 0. The summed E-state index contributed by atoms with van der Waals surface area (Å²) in [5.74, 6) is 0.748. The van der Waals surface area contributed by atoms with Gasteiger partial charge in [0.2, 0.25) is 0 Å². The summed E-state index contributed by atoms with van der Waals surface area (Å²) in [6, 6.07) is 13.4. The number of rotatable bonds is 4. The van der Waals surface area contributed by atoms with Gasteiger partial charge < -0.3 is 4.74 Å². The fourth-order valence-electron chi connectivity index (χ4n) is 2.93. The van der Waals surface area contributed by atoms with Crippen molar-refractivity contribution in [1.29, 1.82) is 0 Å². The van der Waals surface area contributed by atoms with Crippen LogP contribution in [0.2, 0.25) is 0 Å². The van der Waals surface area contributed by atoms with Gasteiger partial charge in [-0.2, -0.15) is 0 Å². The van der Waals surface area contributed by atoms with Crippen LogP contribution in [0.25, 0.3) is 5.69 Å². The lowest BCUT2D eigenvalue weighted by Gasteiger charge is -2.03. The van der Waals surface area contributed by atoms with Crippen LogP contribution < -0.4 is 10.3 Å². The van der Waals surface area contributed by atoms with Crippen molar-refractivity contribution in [3.05, 3.63) is 75.2 Å². The molecule has 0 saturated heterocycles. The maximum atomic E-state index is 12.9. The Kier molecular flexibility index (Phi) is 4.80. The van der Waals surface area contributed by atoms with Gasteiger partial charge in [0.25, 0.3) is 5.56 Å². The first kappa shape index (κ1) is 17.7. The highest BCUT2D eigenvalue weighted by Gasteiger charge is 2.15. The molecule has 0 radical (unpaired) electrons. The van der Waals surface area contributed by atoms with E-state index in [0.29, 0.717) is 11.3 Å². The molecule has 3 aromatic rings. The standard InChI is InChI=1S/C21H23N3O2/c1-13-6-7-17(12-14(13)2)22-15(3)20-16(4)23-24(21(20)25)18-8-10-19(26-5)11-9-18/h6-12,23H,1-5H3. The third kappa shape index (κ3) is 3.33. The van der Waals surface area contributed by atoms with Gasteiger partial charge in [-0.15, -0.1) is 0 Å². The Labute approximate surface area is 153 Å². The molecule has 0 aliphatic carbocycles. The second-order valence-electron chi connectivity index (χ2n) is 6.42. The van der Waals surface area contributed by atoms with Gasteiger partial charge in [0, 0.05) is 5.69 Å². The minimum absolute atomic E-state index is 0.113. The van der Waals surface area contributed by atoms with Crippen LogP contribution in [0.4, 0.5) is 5.69 Å². The second-order valence-corrected chi connectivity index (χ2v) is 6.42. The fourth-order valence-corrected chi connectivity index (χ4v) is 2.93. The van der Waals surface area contributed by atoms with E-state index >= 15 is 0 Å². The smallest absolute Gasteiger partial charge is 0.280 e. The SMILES string of the molecule is COc1ccc(-n2[nH]c(C)c(C(C)=Nc3ccc(C)c(C)c3)c2=O)cc1. The topological polar surface area (TPSA) is 59.4 Å². The van der Waals surface area contributed by atoms with Crippen LogP contribution in [0.15, 0.2) is 52.3 Å². The molecule has 134 valence electrons. The number of H-pyrrole nitrogens is 1. The predicted molar refractivity (Wildman–Crippen MR) is 105 cm³/mol. The number of aryl methyl sites for hydroxylation is 3. The van der Waals surface area contributed by atoms with Gasteiger partial charge in [0.15, 0.2) is 0 Å². The van der Waals surface area contributed by atoms with Gasteiger partial charge in [-0.05, 0) is 75.2 Å². The number of hydrogen-bond acceptors (Lipinski definition) is 3. The zero-order valence-corrected chi connectivity index (χ0v) is 15.8. The lowest BCUT2D eigenvalue weighted by atomic mass is 10.1. The van der Waals surface area contributed by atoms with Crippen molar-refractivity contribution in [3.63, 3.8) is 0 Å². The number of ether oxygens (including phenoxy) is 1. The average Bonchev–Trinajstić information content (AvgIpc) is 2.92. The fraction of sp³-hybridized carbons (Fsp3) is 0.238. The van der Waals surface area contributed by atoms with E-state index in [2.05, 4.69) is 23.9 Å². The van der Waals surface area contributed by atoms with Gasteiger partial charge in [0.1, 0.15) is 5.75 Å². The van der Waals surface area contributed by atoms with Crippen LogP contribution >= 0.6 is 0 Å². The van der Waals surface area contributed by atoms with Gasteiger partial charge in [0.05, 0.1) is 29.8 Å². The Morgan fingerprint density at radius 2 is 1.73 bits per heavy atom. The van der Waals surface area contributed by atoms with E-state index in [9.17, 15) is 4.79 Å². The number of nitrogens with one attached hydrogen (secondary N) is 1. The highest BCUT2D eigenvalue weighted by atomic mass is 16.5. The third-order valence-electron chi connectivity index (χ3n) is 4.55. The number of benzene rings is 2. The Balaban J connectivity index is 2.02. The van der Waals surface area contributed by atoms with E-state index in [1.54, 1.807) is 7.11 Å². The molecule has 0 unspecified atom stereocenters. The Morgan fingerprint density at radius 1 is 1.04 bits per heavy atom. The first-order valence-electron chi connectivity index (χ1n) is 8.49. The maximum absolute atomic E-state index is 12.9. The van der Waals surface area contributed by atoms with Crippen LogP contribution in [0.3, 0.4) is 0 Å². The maximum Gasteiger partial charge on any atom is 0.280 e. The highest BCUT2D eigenvalue weighted by molar-refractivity contribution is 6.01. The number of methoxy groups -OCH3 is 1. The van der Waals surface area contributed by atoms with Gasteiger partial charge in [-0.3, -0.25) is 14.9 Å². The molecule has 0 bridgehead atoms. The van der Waals surface area contributed by atoms with Crippen molar-refractivity contribution in [2.24, 2.45) is 4.99 Å². The number of aliphatic imine (C=N–C) groups is 1. The quantitative estimate of drug-likeness (QED) is 0.716. The molecule has 1 N–H and O–H groups in total. The van der Waals surface area contributed by atoms with Crippen LogP contribution in [0.5, 0.6) is 5.75 Å². The molecular weight excluding hydrogens is 326 g/mol. The molecule has 0 fully saturated rings. The number of hydrogen-bond donors (Lipinski definition) is 1. The van der Waals surface area contributed by atoms with Gasteiger partial charge >= 0.3 is 0 Å². The van der Waals surface area contributed by atoms with Crippen LogP contribution in [-0.2, 0) is 0 Å². The molecule has 1 aromatic heterocycles. The monoisotopic (exact) mass is 349 g/mol. The molecule has 3 rings (SSSR count). The third-order valence-corrected chi connectivity index (χ3v) is 4.55. The zero-order valence-electron chi connectivity index (χ0n) is 15.8. The molecule has 0 saturated carbocycles. The number of nitrogens with zero attached hydrogens (tertiary/aromatic N) is 2. The molecule has 0 aliphatic rings. The summed E-state index contributed by atoms with van der Waals surface area (Å²) in [6.45, 7) is 7.88. The summed E-state index contributed by atoms with van der Waals surface area (Å²) in [6.07, 6.45) is 0. The van der Waals surface area contributed by atoms with Crippen molar-refractivity contribution in [1.82, 2.24) is 9.78 Å². The van der Waals surface area contributed by atoms with Gasteiger partial charge in [-0.1, -0.05) is 6.07 Å². The summed E-state index contributed by atoms with van der Waals surface area (Å²) in [4.78, 5) is 17.6. The van der Waals surface area contributed by atoms with E-state index in [4.69, 9.17) is 4.74 Å². The molecule has 0 amide bonds. The van der Waals surface area contributed by atoms with Crippen LogP contribution in [0, 0.1) is 20.8 Å². The molecule has 0 spiro atoms. The Hall–Kier alpha value is -3.08. The second kappa shape index (κ2) is 7.04. The summed E-state index contributed by atoms with van der Waals surface area (Å²) in [5.41, 5.74) is 5.97. The molecule has 0 atom stereocenters. The molecule has 1 heterocycles. The van der Waals surface area contributed by atoms with E-state index in [1.165, 1.54) is 15.8 Å². The van der Waals surface area contributed by atoms with Crippen LogP contribution in [0.1, 0.15) is 29.3 Å². The molecule has 26 heavy (non-hydrogen) atoms. The molecule has 5 heteroatoms. The summed E-state index contributed by atoms with van der Waals surface area (Å²) < 4.78 is 6.70. The average molecular weight is 349 g/mol. The summed E-state index contributed by atoms with van der Waals surface area (Å²) in [7, 11) is 1.62. The highest BCUT2D eigenvalue weighted by Crippen LogP contribution is 2.19. The first-order chi connectivity index (χ1) is 12.4. The molecular formula is C21H23N3O2. The Bertz CT molecular complexity index is 1020. The van der Waals surface area contributed by atoms with Crippen molar-refractivity contribution < 1.29 is 4.74 Å². The summed E-state index contributed by atoms with van der Waals surface area (Å²) in [5, 5.41) is 3.14. The van der Waals surface area contributed by atoms with E-state index < -0.39 is 0 Å². The van der Waals surface area contributed by atoms with Crippen molar-refractivity contribution in [2.45, 2.75) is 27.7 Å². The van der Waals surface area contributed by atoms with Crippen molar-refractivity contribution >= 4 is 11.4 Å². The lowest BCUT2D eigenvalue weighted by molar-refractivity contribution is 0.414.